The summed E-state index contributed by atoms with van der Waals surface area (Å²) in [5.41, 5.74) is 0.842. The highest BCUT2D eigenvalue weighted by Gasteiger charge is 2.18. The van der Waals surface area contributed by atoms with Crippen LogP contribution in [0.5, 0.6) is 5.75 Å². The zero-order valence-electron chi connectivity index (χ0n) is 13.1. The molecule has 0 unspecified atom stereocenters. The summed E-state index contributed by atoms with van der Waals surface area (Å²) < 4.78 is 50.9. The zero-order chi connectivity index (χ0) is 18.2. The summed E-state index contributed by atoms with van der Waals surface area (Å²) in [7, 11) is -3.35. The van der Waals surface area contributed by atoms with Gasteiger partial charge in [0.25, 0.3) is 0 Å². The van der Waals surface area contributed by atoms with Crippen LogP contribution in [0, 0.1) is 17.7 Å². The van der Waals surface area contributed by atoms with Gasteiger partial charge in [-0.3, -0.25) is 0 Å². The van der Waals surface area contributed by atoms with Crippen LogP contribution in [0.3, 0.4) is 0 Å². The lowest BCUT2D eigenvalue weighted by Gasteiger charge is -2.13. The first-order valence-corrected chi connectivity index (χ1v) is 9.16. The molecule has 1 radical (unpaired) electrons. The molecule has 0 saturated heterocycles. The highest BCUT2D eigenvalue weighted by atomic mass is 32.2. The largest absolute Gasteiger partial charge is 0.507 e. The van der Waals surface area contributed by atoms with Crippen molar-refractivity contribution in [1.82, 2.24) is 0 Å². The van der Waals surface area contributed by atoms with Gasteiger partial charge in [0.15, 0.2) is 21.5 Å². The van der Waals surface area contributed by atoms with Gasteiger partial charge >= 0.3 is 0 Å². The average Bonchev–Trinajstić information content (AvgIpc) is 2.57. The van der Waals surface area contributed by atoms with Crippen molar-refractivity contribution in [2.45, 2.75) is 4.90 Å². The van der Waals surface area contributed by atoms with Crippen LogP contribution in [0.15, 0.2) is 59.5 Å². The number of phenols is 1. The van der Waals surface area contributed by atoms with Gasteiger partial charge in [-0.1, -0.05) is 30.3 Å². The minimum absolute atomic E-state index is 0.0894. The maximum atomic E-state index is 14.2. The number of benzene rings is 3. The Hall–Kier alpha value is -2.73. The van der Waals surface area contributed by atoms with E-state index in [1.165, 1.54) is 48.5 Å². The molecule has 0 atom stereocenters. The Kier molecular flexibility index (Phi) is 4.30. The van der Waals surface area contributed by atoms with Crippen LogP contribution in [0.1, 0.15) is 0 Å². The van der Waals surface area contributed by atoms with Gasteiger partial charge in [-0.2, -0.15) is 0 Å². The number of hydrogen-bond donors (Lipinski definition) is 1. The fraction of sp³-hybridized carbons (Fsp3) is 0.0526. The predicted octanol–water partition coefficient (Wildman–Crippen LogP) is 4.21. The SMILES string of the molecule is CS(=O)(=O)c1ccc(-c2[c]ccc(O)c2-c2cccc(F)c2F)cc1. The standard InChI is InChI=1S/C19H13F2O3S/c1-25(23,24)13-10-8-12(9-11-13)14-4-3-7-17(22)18(14)15-5-2-6-16(20)19(15)21/h2-3,5-11,22H,1H3. The van der Waals surface area contributed by atoms with Gasteiger partial charge in [-0.15, -0.1) is 0 Å². The van der Waals surface area contributed by atoms with Crippen LogP contribution in [-0.4, -0.2) is 19.8 Å². The minimum atomic E-state index is -3.35. The van der Waals surface area contributed by atoms with Gasteiger partial charge < -0.3 is 5.11 Å². The van der Waals surface area contributed by atoms with Crippen molar-refractivity contribution in [1.29, 1.82) is 0 Å². The molecule has 0 amide bonds. The first kappa shape index (κ1) is 17.1. The van der Waals surface area contributed by atoms with E-state index in [1.807, 2.05) is 0 Å². The molecule has 0 spiro atoms. The van der Waals surface area contributed by atoms with Gasteiger partial charge in [0.2, 0.25) is 0 Å². The number of sulfone groups is 1. The summed E-state index contributed by atoms with van der Waals surface area (Å²) in [5.74, 6) is -2.34. The van der Waals surface area contributed by atoms with Crippen molar-refractivity contribution < 1.29 is 22.3 Å². The van der Waals surface area contributed by atoms with Crippen molar-refractivity contribution in [2.75, 3.05) is 6.26 Å². The van der Waals surface area contributed by atoms with Crippen molar-refractivity contribution in [2.24, 2.45) is 0 Å². The Balaban J connectivity index is 2.22. The summed E-state index contributed by atoms with van der Waals surface area (Å²) >= 11 is 0. The number of rotatable bonds is 3. The van der Waals surface area contributed by atoms with Crippen LogP contribution in [0.25, 0.3) is 22.3 Å². The molecule has 0 aliphatic carbocycles. The van der Waals surface area contributed by atoms with E-state index in [2.05, 4.69) is 6.07 Å². The predicted molar refractivity (Wildman–Crippen MR) is 90.8 cm³/mol. The lowest BCUT2D eigenvalue weighted by molar-refractivity contribution is 0.475. The molecular formula is C19H13F2O3S. The lowest BCUT2D eigenvalue weighted by atomic mass is 9.93. The fourth-order valence-corrected chi connectivity index (χ4v) is 3.18. The molecule has 3 rings (SSSR count). The van der Waals surface area contributed by atoms with E-state index >= 15 is 0 Å². The molecule has 0 aliphatic rings. The maximum Gasteiger partial charge on any atom is 0.175 e. The summed E-state index contributed by atoms with van der Waals surface area (Å²) in [6.07, 6.45) is 1.09. The fourth-order valence-electron chi connectivity index (χ4n) is 2.55. The Labute approximate surface area is 144 Å². The molecule has 25 heavy (non-hydrogen) atoms. The molecule has 6 heteroatoms. The third-order valence-electron chi connectivity index (χ3n) is 3.77. The van der Waals surface area contributed by atoms with E-state index in [9.17, 15) is 22.3 Å². The van der Waals surface area contributed by atoms with Crippen molar-refractivity contribution in [3.8, 4) is 28.0 Å². The zero-order valence-corrected chi connectivity index (χ0v) is 13.9. The summed E-state index contributed by atoms with van der Waals surface area (Å²) in [6.45, 7) is 0. The third-order valence-corrected chi connectivity index (χ3v) is 4.90. The molecule has 127 valence electrons. The second kappa shape index (κ2) is 6.29. The first-order chi connectivity index (χ1) is 11.8. The van der Waals surface area contributed by atoms with Crippen LogP contribution in [0.2, 0.25) is 0 Å². The number of hydrogen-bond acceptors (Lipinski definition) is 3. The van der Waals surface area contributed by atoms with Crippen molar-refractivity contribution in [3.05, 3.63) is 72.3 Å². The Morgan fingerprint density at radius 2 is 1.68 bits per heavy atom. The summed E-state index contributed by atoms with van der Waals surface area (Å²) in [6, 6.07) is 15.3. The van der Waals surface area contributed by atoms with E-state index in [1.54, 1.807) is 0 Å². The highest BCUT2D eigenvalue weighted by Crippen LogP contribution is 2.40. The van der Waals surface area contributed by atoms with E-state index in [-0.39, 0.29) is 21.8 Å². The lowest BCUT2D eigenvalue weighted by Crippen LogP contribution is -1.97. The number of phenolic OH excluding ortho intramolecular Hbond substituents is 1. The Morgan fingerprint density at radius 1 is 1.00 bits per heavy atom. The van der Waals surface area contributed by atoms with Crippen LogP contribution >= 0.6 is 0 Å². The number of halogens is 2. The van der Waals surface area contributed by atoms with Gasteiger partial charge in [-0.25, -0.2) is 17.2 Å². The maximum absolute atomic E-state index is 14.2. The molecule has 0 heterocycles. The second-order valence-electron chi connectivity index (χ2n) is 5.51. The minimum Gasteiger partial charge on any atom is -0.507 e. The molecule has 0 bridgehead atoms. The van der Waals surface area contributed by atoms with Crippen LogP contribution in [0.4, 0.5) is 8.78 Å². The first-order valence-electron chi connectivity index (χ1n) is 7.27. The summed E-state index contributed by atoms with van der Waals surface area (Å²) in [4.78, 5) is 0.134. The molecule has 0 aliphatic heterocycles. The molecule has 3 aromatic carbocycles. The third kappa shape index (κ3) is 3.25. The number of aromatic hydroxyl groups is 1. The van der Waals surface area contributed by atoms with E-state index in [4.69, 9.17) is 0 Å². The van der Waals surface area contributed by atoms with Gasteiger partial charge in [-0.05, 0) is 35.9 Å². The average molecular weight is 359 g/mol. The molecule has 0 saturated carbocycles. The Bertz CT molecular complexity index is 1040. The summed E-state index contributed by atoms with van der Waals surface area (Å²) in [5, 5.41) is 10.2. The molecule has 0 aromatic heterocycles. The smallest absolute Gasteiger partial charge is 0.175 e. The molecule has 3 aromatic rings. The molecular weight excluding hydrogens is 346 g/mol. The monoisotopic (exact) mass is 359 g/mol. The Morgan fingerprint density at radius 3 is 2.32 bits per heavy atom. The van der Waals surface area contributed by atoms with Crippen LogP contribution in [-0.2, 0) is 9.84 Å². The molecule has 3 nitrogen and oxygen atoms in total. The van der Waals surface area contributed by atoms with Gasteiger partial charge in [0.05, 0.1) is 4.90 Å². The quantitative estimate of drug-likeness (QED) is 0.762. The molecule has 1 N–H and O–H groups in total. The normalized spacial score (nSPS) is 11.5. The van der Waals surface area contributed by atoms with Gasteiger partial charge in [0, 0.05) is 22.9 Å². The second-order valence-corrected chi connectivity index (χ2v) is 7.53. The molecule has 0 fully saturated rings. The van der Waals surface area contributed by atoms with E-state index < -0.39 is 21.5 Å². The van der Waals surface area contributed by atoms with Crippen LogP contribution < -0.4 is 0 Å². The van der Waals surface area contributed by atoms with E-state index in [0.29, 0.717) is 11.1 Å². The van der Waals surface area contributed by atoms with E-state index in [0.717, 1.165) is 12.3 Å². The highest BCUT2D eigenvalue weighted by molar-refractivity contribution is 7.90. The topological polar surface area (TPSA) is 54.4 Å². The van der Waals surface area contributed by atoms with Gasteiger partial charge in [0.1, 0.15) is 5.75 Å². The van der Waals surface area contributed by atoms with Crippen molar-refractivity contribution >= 4 is 9.84 Å². The van der Waals surface area contributed by atoms with Crippen molar-refractivity contribution in [3.63, 3.8) is 0 Å².